The standard InChI is InChI=1S/C16H27N3/c1-3-16(2,13-17)14-18-9-11-19(12-10-18)15-7-5-4-6-8-15/h4-8H,3,9-14,17H2,1-2H3. The molecule has 0 radical (unpaired) electrons. The number of hydrogen-bond acceptors (Lipinski definition) is 3. The van der Waals surface area contributed by atoms with Crippen LogP contribution in [0.25, 0.3) is 0 Å². The first-order valence-corrected chi connectivity index (χ1v) is 7.39. The van der Waals surface area contributed by atoms with Gasteiger partial charge in [0.15, 0.2) is 0 Å². The molecule has 1 aliphatic rings. The Bertz CT molecular complexity index is 365. The lowest BCUT2D eigenvalue weighted by Gasteiger charge is -2.40. The molecule has 0 spiro atoms. The number of para-hydroxylation sites is 1. The third kappa shape index (κ3) is 3.71. The fourth-order valence-corrected chi connectivity index (χ4v) is 2.66. The predicted molar refractivity (Wildman–Crippen MR) is 82.5 cm³/mol. The number of nitrogens with zero attached hydrogens (tertiary/aromatic N) is 2. The Morgan fingerprint density at radius 3 is 2.26 bits per heavy atom. The fourth-order valence-electron chi connectivity index (χ4n) is 2.66. The molecule has 0 aliphatic carbocycles. The minimum absolute atomic E-state index is 0.273. The summed E-state index contributed by atoms with van der Waals surface area (Å²) in [5, 5.41) is 0. The molecule has 1 heterocycles. The molecule has 1 fully saturated rings. The van der Waals surface area contributed by atoms with Crippen molar-refractivity contribution in [3.63, 3.8) is 0 Å². The molecule has 1 unspecified atom stereocenters. The van der Waals surface area contributed by atoms with Gasteiger partial charge in [-0.25, -0.2) is 0 Å². The van der Waals surface area contributed by atoms with Crippen LogP contribution in [0.2, 0.25) is 0 Å². The van der Waals surface area contributed by atoms with Gasteiger partial charge in [0.2, 0.25) is 0 Å². The van der Waals surface area contributed by atoms with Crippen molar-refractivity contribution >= 4 is 5.69 Å². The highest BCUT2D eigenvalue weighted by atomic mass is 15.3. The Kier molecular flexibility index (Phi) is 4.83. The molecule has 0 amide bonds. The summed E-state index contributed by atoms with van der Waals surface area (Å²) in [6, 6.07) is 10.7. The zero-order valence-corrected chi connectivity index (χ0v) is 12.3. The number of piperazine rings is 1. The van der Waals surface area contributed by atoms with E-state index in [1.54, 1.807) is 0 Å². The lowest BCUT2D eigenvalue weighted by Crippen LogP contribution is -2.50. The Morgan fingerprint density at radius 1 is 1.11 bits per heavy atom. The van der Waals surface area contributed by atoms with Gasteiger partial charge in [-0.05, 0) is 30.5 Å². The van der Waals surface area contributed by atoms with E-state index in [2.05, 4.69) is 54.0 Å². The predicted octanol–water partition coefficient (Wildman–Crippen LogP) is 2.18. The summed E-state index contributed by atoms with van der Waals surface area (Å²) in [6.45, 7) is 11.0. The SMILES string of the molecule is CCC(C)(CN)CN1CCN(c2ccccc2)CC1. The minimum atomic E-state index is 0.273. The van der Waals surface area contributed by atoms with Crippen LogP contribution in [-0.2, 0) is 0 Å². The van der Waals surface area contributed by atoms with Gasteiger partial charge in [-0.2, -0.15) is 0 Å². The molecule has 3 nitrogen and oxygen atoms in total. The molecule has 2 N–H and O–H groups in total. The van der Waals surface area contributed by atoms with Crippen molar-refractivity contribution in [3.8, 4) is 0 Å². The monoisotopic (exact) mass is 261 g/mol. The van der Waals surface area contributed by atoms with Crippen LogP contribution >= 0.6 is 0 Å². The van der Waals surface area contributed by atoms with E-state index in [1.807, 2.05) is 0 Å². The average molecular weight is 261 g/mol. The lowest BCUT2D eigenvalue weighted by atomic mass is 9.87. The molecule has 0 bridgehead atoms. The van der Waals surface area contributed by atoms with Crippen molar-refractivity contribution in [1.29, 1.82) is 0 Å². The highest BCUT2D eigenvalue weighted by molar-refractivity contribution is 5.46. The molecule has 1 aliphatic heterocycles. The van der Waals surface area contributed by atoms with Gasteiger partial charge in [0.1, 0.15) is 0 Å². The average Bonchev–Trinajstić information content (AvgIpc) is 2.49. The first-order chi connectivity index (χ1) is 9.17. The van der Waals surface area contributed by atoms with Crippen molar-refractivity contribution in [3.05, 3.63) is 30.3 Å². The Labute approximate surface area is 117 Å². The van der Waals surface area contributed by atoms with E-state index in [1.165, 1.54) is 5.69 Å². The second-order valence-electron chi connectivity index (χ2n) is 5.97. The first kappa shape index (κ1) is 14.4. The van der Waals surface area contributed by atoms with Crippen LogP contribution in [0.4, 0.5) is 5.69 Å². The van der Waals surface area contributed by atoms with Crippen LogP contribution in [0.1, 0.15) is 20.3 Å². The first-order valence-electron chi connectivity index (χ1n) is 7.39. The van der Waals surface area contributed by atoms with Crippen LogP contribution in [0, 0.1) is 5.41 Å². The van der Waals surface area contributed by atoms with Crippen molar-refractivity contribution in [2.45, 2.75) is 20.3 Å². The summed E-state index contributed by atoms with van der Waals surface area (Å²) >= 11 is 0. The molecular weight excluding hydrogens is 234 g/mol. The van der Waals surface area contributed by atoms with Gasteiger partial charge in [0.05, 0.1) is 0 Å². The van der Waals surface area contributed by atoms with Gasteiger partial charge < -0.3 is 10.6 Å². The maximum Gasteiger partial charge on any atom is 0.0367 e. The Hall–Kier alpha value is -1.06. The number of hydrogen-bond donors (Lipinski definition) is 1. The number of anilines is 1. The second-order valence-corrected chi connectivity index (χ2v) is 5.97. The van der Waals surface area contributed by atoms with Crippen LogP contribution in [0.5, 0.6) is 0 Å². The van der Waals surface area contributed by atoms with Crippen LogP contribution in [0.15, 0.2) is 30.3 Å². The topological polar surface area (TPSA) is 32.5 Å². The summed E-state index contributed by atoms with van der Waals surface area (Å²) in [4.78, 5) is 5.04. The summed E-state index contributed by atoms with van der Waals surface area (Å²) in [5.74, 6) is 0. The maximum absolute atomic E-state index is 5.92. The molecule has 3 heteroatoms. The Balaban J connectivity index is 1.86. The fraction of sp³-hybridized carbons (Fsp3) is 0.625. The molecule has 0 saturated carbocycles. The van der Waals surface area contributed by atoms with Gasteiger partial charge in [-0.1, -0.05) is 32.0 Å². The lowest BCUT2D eigenvalue weighted by molar-refractivity contribution is 0.157. The van der Waals surface area contributed by atoms with E-state index in [4.69, 9.17) is 5.73 Å². The molecular formula is C16H27N3. The van der Waals surface area contributed by atoms with Crippen LogP contribution < -0.4 is 10.6 Å². The van der Waals surface area contributed by atoms with Crippen molar-refractivity contribution in [2.24, 2.45) is 11.1 Å². The zero-order valence-electron chi connectivity index (χ0n) is 12.3. The van der Waals surface area contributed by atoms with E-state index in [9.17, 15) is 0 Å². The third-order valence-electron chi connectivity index (χ3n) is 4.45. The van der Waals surface area contributed by atoms with E-state index in [-0.39, 0.29) is 5.41 Å². The van der Waals surface area contributed by atoms with Crippen LogP contribution in [0.3, 0.4) is 0 Å². The number of rotatable bonds is 5. The molecule has 2 rings (SSSR count). The smallest absolute Gasteiger partial charge is 0.0367 e. The van der Waals surface area contributed by atoms with Gasteiger partial charge >= 0.3 is 0 Å². The minimum Gasteiger partial charge on any atom is -0.369 e. The van der Waals surface area contributed by atoms with E-state index < -0.39 is 0 Å². The molecule has 1 atom stereocenters. The number of nitrogens with two attached hydrogens (primary N) is 1. The molecule has 1 saturated heterocycles. The van der Waals surface area contributed by atoms with E-state index >= 15 is 0 Å². The summed E-state index contributed by atoms with van der Waals surface area (Å²) < 4.78 is 0. The molecule has 19 heavy (non-hydrogen) atoms. The van der Waals surface area contributed by atoms with Gasteiger partial charge in [-0.3, -0.25) is 4.90 Å². The van der Waals surface area contributed by atoms with Crippen molar-refractivity contribution < 1.29 is 0 Å². The van der Waals surface area contributed by atoms with E-state index in [0.29, 0.717) is 0 Å². The second kappa shape index (κ2) is 6.40. The number of benzene rings is 1. The summed E-state index contributed by atoms with van der Waals surface area (Å²) in [5.41, 5.74) is 7.54. The van der Waals surface area contributed by atoms with E-state index in [0.717, 1.165) is 45.7 Å². The molecule has 1 aromatic carbocycles. The Morgan fingerprint density at radius 2 is 1.74 bits per heavy atom. The summed E-state index contributed by atoms with van der Waals surface area (Å²) in [7, 11) is 0. The van der Waals surface area contributed by atoms with Crippen molar-refractivity contribution in [2.75, 3.05) is 44.2 Å². The highest BCUT2D eigenvalue weighted by Gasteiger charge is 2.26. The van der Waals surface area contributed by atoms with Gasteiger partial charge in [-0.15, -0.1) is 0 Å². The largest absolute Gasteiger partial charge is 0.369 e. The quantitative estimate of drug-likeness (QED) is 0.882. The van der Waals surface area contributed by atoms with Gasteiger partial charge in [0.25, 0.3) is 0 Å². The zero-order chi connectivity index (χ0) is 13.7. The van der Waals surface area contributed by atoms with Crippen LogP contribution in [-0.4, -0.2) is 44.2 Å². The third-order valence-corrected chi connectivity index (χ3v) is 4.45. The highest BCUT2D eigenvalue weighted by Crippen LogP contribution is 2.22. The molecule has 1 aromatic rings. The normalized spacial score (nSPS) is 20.3. The van der Waals surface area contributed by atoms with Crippen molar-refractivity contribution in [1.82, 2.24) is 4.90 Å². The molecule has 0 aromatic heterocycles. The summed E-state index contributed by atoms with van der Waals surface area (Å²) in [6.07, 6.45) is 1.16. The maximum atomic E-state index is 5.92. The molecule has 106 valence electrons. The van der Waals surface area contributed by atoms with Gasteiger partial charge in [0, 0.05) is 38.4 Å².